The molecule has 2 aromatic rings. The topological polar surface area (TPSA) is 84.0 Å². The quantitative estimate of drug-likeness (QED) is 0.902. The number of nitrogens with zero attached hydrogens (tertiary/aromatic N) is 2. The Hall–Kier alpha value is -2.15. The van der Waals surface area contributed by atoms with E-state index in [1.54, 1.807) is 18.2 Å². The summed E-state index contributed by atoms with van der Waals surface area (Å²) < 4.78 is 24.8. The Balaban J connectivity index is 2.23. The molecule has 0 aliphatic heterocycles. The molecule has 1 heterocycles. The summed E-state index contributed by atoms with van der Waals surface area (Å²) >= 11 is 0. The molecular formula is C13H16N4O2S. The molecular weight excluding hydrogens is 276 g/mol. The lowest BCUT2D eigenvalue weighted by Gasteiger charge is -2.09. The van der Waals surface area contributed by atoms with Gasteiger partial charge in [-0.05, 0) is 38.1 Å². The highest BCUT2D eigenvalue weighted by Crippen LogP contribution is 2.19. The number of rotatable bonds is 4. The predicted molar refractivity (Wildman–Crippen MR) is 79.7 cm³/mol. The number of nitrogens with one attached hydrogen (secondary N) is 2. The molecule has 0 bridgehead atoms. The van der Waals surface area contributed by atoms with Crippen LogP contribution in [0.15, 0.2) is 30.3 Å². The van der Waals surface area contributed by atoms with Crippen molar-refractivity contribution in [3.63, 3.8) is 0 Å². The Bertz CT molecular complexity index is 709. The normalized spacial score (nSPS) is 11.2. The van der Waals surface area contributed by atoms with Crippen LogP contribution >= 0.6 is 0 Å². The van der Waals surface area contributed by atoms with E-state index in [1.165, 1.54) is 0 Å². The van der Waals surface area contributed by atoms with E-state index in [-0.39, 0.29) is 0 Å². The standard InChI is InChI=1S/C13H16N4O2S/c1-9-7-10(2)15-13(14-9)16-11-5-4-6-12(8-11)17-20(3,18)19/h4-8,17H,1-3H3,(H,14,15,16). The first-order valence-corrected chi connectivity index (χ1v) is 7.88. The molecule has 0 spiro atoms. The summed E-state index contributed by atoms with van der Waals surface area (Å²) in [5.74, 6) is 0.485. The van der Waals surface area contributed by atoms with Crippen molar-refractivity contribution < 1.29 is 8.42 Å². The average Bonchev–Trinajstić information content (AvgIpc) is 2.25. The SMILES string of the molecule is Cc1cc(C)nc(Nc2cccc(NS(C)(=O)=O)c2)n1. The van der Waals surface area contributed by atoms with Crippen LogP contribution in [0.5, 0.6) is 0 Å². The number of hydrogen-bond acceptors (Lipinski definition) is 5. The summed E-state index contributed by atoms with van der Waals surface area (Å²) in [6.07, 6.45) is 1.11. The van der Waals surface area contributed by atoms with Gasteiger partial charge in [-0.2, -0.15) is 0 Å². The first-order valence-electron chi connectivity index (χ1n) is 5.99. The molecule has 0 radical (unpaired) electrons. The monoisotopic (exact) mass is 292 g/mol. The van der Waals surface area contributed by atoms with Crippen LogP contribution in [0.4, 0.5) is 17.3 Å². The van der Waals surface area contributed by atoms with E-state index in [4.69, 9.17) is 0 Å². The van der Waals surface area contributed by atoms with E-state index < -0.39 is 10.0 Å². The smallest absolute Gasteiger partial charge is 0.229 e. The number of aromatic nitrogens is 2. The van der Waals surface area contributed by atoms with Gasteiger partial charge in [0.15, 0.2) is 0 Å². The van der Waals surface area contributed by atoms with Crippen LogP contribution in [0.2, 0.25) is 0 Å². The third-order valence-electron chi connectivity index (χ3n) is 2.40. The van der Waals surface area contributed by atoms with Crippen LogP contribution in [-0.4, -0.2) is 24.6 Å². The van der Waals surface area contributed by atoms with Gasteiger partial charge >= 0.3 is 0 Å². The number of benzene rings is 1. The Morgan fingerprint density at radius 2 is 1.60 bits per heavy atom. The van der Waals surface area contributed by atoms with Gasteiger partial charge < -0.3 is 5.32 Å². The minimum Gasteiger partial charge on any atom is -0.324 e. The van der Waals surface area contributed by atoms with Crippen molar-refractivity contribution in [2.75, 3.05) is 16.3 Å². The second kappa shape index (κ2) is 5.46. The summed E-state index contributed by atoms with van der Waals surface area (Å²) in [7, 11) is -3.29. The summed E-state index contributed by atoms with van der Waals surface area (Å²) in [5.41, 5.74) is 2.93. The van der Waals surface area contributed by atoms with Crippen LogP contribution < -0.4 is 10.0 Å². The van der Waals surface area contributed by atoms with Crippen molar-refractivity contribution in [1.82, 2.24) is 9.97 Å². The minimum atomic E-state index is -3.29. The van der Waals surface area contributed by atoms with E-state index in [0.717, 1.165) is 17.6 Å². The summed E-state index contributed by atoms with van der Waals surface area (Å²) in [4.78, 5) is 8.55. The first kappa shape index (κ1) is 14.3. The van der Waals surface area contributed by atoms with Gasteiger partial charge in [0.1, 0.15) is 0 Å². The third kappa shape index (κ3) is 4.20. The molecule has 0 saturated carbocycles. The van der Waals surface area contributed by atoms with Crippen LogP contribution in [0.3, 0.4) is 0 Å². The largest absolute Gasteiger partial charge is 0.324 e. The van der Waals surface area contributed by atoms with Gasteiger partial charge in [0, 0.05) is 17.1 Å². The van der Waals surface area contributed by atoms with Crippen LogP contribution in [0.25, 0.3) is 0 Å². The second-order valence-electron chi connectivity index (χ2n) is 4.55. The van der Waals surface area contributed by atoms with Gasteiger partial charge in [-0.15, -0.1) is 0 Å². The van der Waals surface area contributed by atoms with Gasteiger partial charge in [-0.1, -0.05) is 6.07 Å². The Morgan fingerprint density at radius 3 is 2.20 bits per heavy atom. The van der Waals surface area contributed by atoms with Crippen molar-refractivity contribution in [3.05, 3.63) is 41.7 Å². The highest BCUT2D eigenvalue weighted by atomic mass is 32.2. The fraction of sp³-hybridized carbons (Fsp3) is 0.231. The van der Waals surface area contributed by atoms with Crippen molar-refractivity contribution in [2.45, 2.75) is 13.8 Å². The van der Waals surface area contributed by atoms with Gasteiger partial charge in [0.2, 0.25) is 16.0 Å². The molecule has 1 aromatic heterocycles. The maximum atomic E-state index is 11.2. The molecule has 2 N–H and O–H groups in total. The fourth-order valence-corrected chi connectivity index (χ4v) is 2.34. The van der Waals surface area contributed by atoms with Crippen LogP contribution in [-0.2, 0) is 10.0 Å². The maximum absolute atomic E-state index is 11.2. The number of anilines is 3. The zero-order valence-corrected chi connectivity index (χ0v) is 12.3. The molecule has 0 unspecified atom stereocenters. The molecule has 0 atom stereocenters. The summed E-state index contributed by atoms with van der Waals surface area (Å²) in [6, 6.07) is 8.80. The summed E-state index contributed by atoms with van der Waals surface area (Å²) in [6.45, 7) is 3.78. The van der Waals surface area contributed by atoms with Crippen molar-refractivity contribution in [1.29, 1.82) is 0 Å². The van der Waals surface area contributed by atoms with Gasteiger partial charge in [0.25, 0.3) is 0 Å². The highest BCUT2D eigenvalue weighted by molar-refractivity contribution is 7.92. The van der Waals surface area contributed by atoms with Gasteiger partial charge in [-0.3, -0.25) is 4.72 Å². The second-order valence-corrected chi connectivity index (χ2v) is 6.30. The molecule has 20 heavy (non-hydrogen) atoms. The molecule has 0 saturated heterocycles. The van der Waals surface area contributed by atoms with Gasteiger partial charge in [0.05, 0.1) is 11.9 Å². The molecule has 6 nitrogen and oxygen atoms in total. The molecule has 106 valence electrons. The molecule has 0 aliphatic carbocycles. The number of aryl methyl sites for hydroxylation is 2. The minimum absolute atomic E-state index is 0.485. The highest BCUT2D eigenvalue weighted by Gasteiger charge is 2.04. The number of hydrogen-bond donors (Lipinski definition) is 2. The fourth-order valence-electron chi connectivity index (χ4n) is 1.79. The molecule has 2 rings (SSSR count). The van der Waals surface area contributed by atoms with E-state index in [1.807, 2.05) is 26.0 Å². The lowest BCUT2D eigenvalue weighted by Crippen LogP contribution is -2.09. The molecule has 0 amide bonds. The van der Waals surface area contributed by atoms with E-state index in [2.05, 4.69) is 20.0 Å². The third-order valence-corrected chi connectivity index (χ3v) is 3.01. The van der Waals surface area contributed by atoms with Crippen molar-refractivity contribution >= 4 is 27.3 Å². The molecule has 1 aromatic carbocycles. The Kier molecular flexibility index (Phi) is 3.89. The maximum Gasteiger partial charge on any atom is 0.229 e. The lowest BCUT2D eigenvalue weighted by molar-refractivity contribution is 0.607. The lowest BCUT2D eigenvalue weighted by atomic mass is 10.3. The predicted octanol–water partition coefficient (Wildman–Crippen LogP) is 2.21. The van der Waals surface area contributed by atoms with E-state index in [9.17, 15) is 8.42 Å². The van der Waals surface area contributed by atoms with E-state index in [0.29, 0.717) is 17.3 Å². The van der Waals surface area contributed by atoms with Gasteiger partial charge in [-0.25, -0.2) is 18.4 Å². The molecule has 0 aliphatic rings. The van der Waals surface area contributed by atoms with E-state index >= 15 is 0 Å². The zero-order chi connectivity index (χ0) is 14.8. The summed E-state index contributed by atoms with van der Waals surface area (Å²) in [5, 5.41) is 3.05. The van der Waals surface area contributed by atoms with Crippen molar-refractivity contribution in [2.24, 2.45) is 0 Å². The molecule has 7 heteroatoms. The molecule has 0 fully saturated rings. The first-order chi connectivity index (χ1) is 9.32. The number of sulfonamides is 1. The van der Waals surface area contributed by atoms with Crippen LogP contribution in [0, 0.1) is 13.8 Å². The Morgan fingerprint density at radius 1 is 1.00 bits per heavy atom. The Labute approximate surface area is 118 Å². The average molecular weight is 292 g/mol. The zero-order valence-electron chi connectivity index (χ0n) is 11.5. The van der Waals surface area contributed by atoms with Crippen molar-refractivity contribution in [3.8, 4) is 0 Å². The van der Waals surface area contributed by atoms with Crippen LogP contribution in [0.1, 0.15) is 11.4 Å².